The van der Waals surface area contributed by atoms with Gasteiger partial charge in [0.15, 0.2) is 0 Å². The summed E-state index contributed by atoms with van der Waals surface area (Å²) in [4.78, 5) is 31.3. The molecule has 0 spiro atoms. The summed E-state index contributed by atoms with van der Waals surface area (Å²) in [5.41, 5.74) is 2.99. The Morgan fingerprint density at radius 1 is 0.852 bits per heavy atom. The average molecular weight is 363 g/mol. The molecule has 1 N–H and O–H groups in total. The fourth-order valence-electron chi connectivity index (χ4n) is 3.82. The van der Waals surface area contributed by atoms with E-state index in [4.69, 9.17) is 0 Å². The molecule has 5 nitrogen and oxygen atoms in total. The van der Waals surface area contributed by atoms with Crippen LogP contribution in [0.4, 0.5) is 0 Å². The van der Waals surface area contributed by atoms with Crippen molar-refractivity contribution in [3.63, 3.8) is 0 Å². The molecule has 140 valence electrons. The lowest BCUT2D eigenvalue weighted by Gasteiger charge is -2.11. The maximum atomic E-state index is 12.2. The Kier molecular flexibility index (Phi) is 5.10. The minimum atomic E-state index is 0.0850. The minimum absolute atomic E-state index is 0.0850. The van der Waals surface area contributed by atoms with Crippen LogP contribution in [0.15, 0.2) is 36.5 Å². The van der Waals surface area contributed by atoms with E-state index >= 15 is 0 Å². The summed E-state index contributed by atoms with van der Waals surface area (Å²) in [5.74, 6) is 0.171. The van der Waals surface area contributed by atoms with Gasteiger partial charge in [-0.3, -0.25) is 9.59 Å². The van der Waals surface area contributed by atoms with Crippen molar-refractivity contribution in [2.24, 2.45) is 0 Å². The van der Waals surface area contributed by atoms with Crippen LogP contribution in [0.1, 0.15) is 36.8 Å². The van der Waals surface area contributed by atoms with E-state index in [1.807, 2.05) is 46.3 Å². The lowest BCUT2D eigenvalue weighted by molar-refractivity contribution is -0.125. The van der Waals surface area contributed by atoms with Gasteiger partial charge in [0.05, 0.1) is 0 Å². The van der Waals surface area contributed by atoms with Crippen molar-refractivity contribution in [1.82, 2.24) is 14.8 Å². The summed E-state index contributed by atoms with van der Waals surface area (Å²) in [6.07, 6.45) is 13.4. The number of benzene rings is 1. The van der Waals surface area contributed by atoms with Crippen LogP contribution in [0.3, 0.4) is 0 Å². The number of aromatic nitrogens is 1. The van der Waals surface area contributed by atoms with Gasteiger partial charge in [-0.1, -0.05) is 12.1 Å². The number of nitrogens with one attached hydrogen (secondary N) is 1. The van der Waals surface area contributed by atoms with Crippen molar-refractivity contribution < 1.29 is 9.59 Å². The van der Waals surface area contributed by atoms with E-state index in [1.54, 1.807) is 12.2 Å². The Bertz CT molecular complexity index is 897. The Morgan fingerprint density at radius 3 is 2.07 bits per heavy atom. The molecule has 0 saturated carbocycles. The third-order valence-corrected chi connectivity index (χ3v) is 5.40. The Labute approximate surface area is 159 Å². The van der Waals surface area contributed by atoms with Crippen molar-refractivity contribution in [3.05, 3.63) is 47.7 Å². The van der Waals surface area contributed by atoms with Gasteiger partial charge in [0.1, 0.15) is 0 Å². The average Bonchev–Trinajstić information content (AvgIpc) is 3.45. The summed E-state index contributed by atoms with van der Waals surface area (Å²) in [6.45, 7) is 3.46. The number of hydrogen-bond acceptors (Lipinski definition) is 2. The van der Waals surface area contributed by atoms with Crippen molar-refractivity contribution in [3.8, 4) is 0 Å². The van der Waals surface area contributed by atoms with Gasteiger partial charge in [-0.2, -0.15) is 0 Å². The summed E-state index contributed by atoms with van der Waals surface area (Å²) in [7, 11) is 0. The van der Waals surface area contributed by atoms with E-state index in [9.17, 15) is 9.59 Å². The highest BCUT2D eigenvalue weighted by Gasteiger charge is 2.16. The summed E-state index contributed by atoms with van der Waals surface area (Å²) >= 11 is 0. The van der Waals surface area contributed by atoms with Crippen LogP contribution in [-0.4, -0.2) is 52.8 Å². The number of carbonyl (C=O) groups is 2. The van der Waals surface area contributed by atoms with Crippen LogP contribution in [0, 0.1) is 0 Å². The van der Waals surface area contributed by atoms with Gasteiger partial charge < -0.3 is 14.8 Å². The third kappa shape index (κ3) is 3.97. The maximum Gasteiger partial charge on any atom is 0.246 e. The van der Waals surface area contributed by atoms with Crippen LogP contribution < -0.4 is 0 Å². The SMILES string of the molecule is O=C(C=Cc1ccc2c(C=CC(=O)N3CCCC3)c[nH]c2c1)N1CCCC1. The molecule has 1 aromatic carbocycles. The molecule has 2 saturated heterocycles. The molecule has 3 heterocycles. The first kappa shape index (κ1) is 17.6. The van der Waals surface area contributed by atoms with Gasteiger partial charge in [0.2, 0.25) is 11.8 Å². The normalized spacial score (nSPS) is 17.8. The highest BCUT2D eigenvalue weighted by Crippen LogP contribution is 2.22. The van der Waals surface area contributed by atoms with Gasteiger partial charge in [-0.25, -0.2) is 0 Å². The summed E-state index contributed by atoms with van der Waals surface area (Å²) in [6, 6.07) is 6.07. The summed E-state index contributed by atoms with van der Waals surface area (Å²) in [5, 5.41) is 1.07. The standard InChI is InChI=1S/C22H25N3O2/c26-21(24-11-1-2-12-24)9-6-17-5-8-19-18(16-23-20(19)15-17)7-10-22(27)25-13-3-4-14-25/h5-10,15-16,23H,1-4,11-14H2. The van der Waals surface area contributed by atoms with Gasteiger partial charge in [0, 0.05) is 55.4 Å². The highest BCUT2D eigenvalue weighted by molar-refractivity contribution is 5.97. The molecule has 0 radical (unpaired) electrons. The number of H-pyrrole nitrogens is 1. The molecule has 2 aliphatic rings. The second-order valence-electron chi connectivity index (χ2n) is 7.28. The zero-order chi connectivity index (χ0) is 18.6. The third-order valence-electron chi connectivity index (χ3n) is 5.40. The van der Waals surface area contributed by atoms with Crippen LogP contribution >= 0.6 is 0 Å². The number of fused-ring (bicyclic) bond motifs is 1. The molecule has 2 fully saturated rings. The first-order valence-corrected chi connectivity index (χ1v) is 9.76. The quantitative estimate of drug-likeness (QED) is 0.846. The van der Waals surface area contributed by atoms with Crippen LogP contribution in [0.2, 0.25) is 0 Å². The molecule has 2 aromatic rings. The van der Waals surface area contributed by atoms with Crippen LogP contribution in [0.25, 0.3) is 23.1 Å². The number of amides is 2. The Hall–Kier alpha value is -2.82. The Morgan fingerprint density at radius 2 is 1.44 bits per heavy atom. The van der Waals surface area contributed by atoms with E-state index in [2.05, 4.69) is 4.98 Å². The molecule has 2 aliphatic heterocycles. The van der Waals surface area contributed by atoms with Crippen molar-refractivity contribution in [2.75, 3.05) is 26.2 Å². The van der Waals surface area contributed by atoms with E-state index < -0.39 is 0 Å². The zero-order valence-corrected chi connectivity index (χ0v) is 15.5. The Balaban J connectivity index is 1.46. The molecule has 27 heavy (non-hydrogen) atoms. The lowest BCUT2D eigenvalue weighted by Crippen LogP contribution is -2.25. The summed E-state index contributed by atoms with van der Waals surface area (Å²) < 4.78 is 0. The van der Waals surface area contributed by atoms with E-state index in [-0.39, 0.29) is 11.8 Å². The molecule has 4 rings (SSSR count). The van der Waals surface area contributed by atoms with E-state index in [0.717, 1.165) is 73.9 Å². The van der Waals surface area contributed by atoms with E-state index in [0.29, 0.717) is 0 Å². The molecule has 0 unspecified atom stereocenters. The number of rotatable bonds is 4. The van der Waals surface area contributed by atoms with Gasteiger partial charge in [0.25, 0.3) is 0 Å². The monoisotopic (exact) mass is 363 g/mol. The topological polar surface area (TPSA) is 56.4 Å². The van der Waals surface area contributed by atoms with Crippen LogP contribution in [0.5, 0.6) is 0 Å². The van der Waals surface area contributed by atoms with Gasteiger partial charge in [-0.05, 0) is 55.0 Å². The molecule has 1 aromatic heterocycles. The lowest BCUT2D eigenvalue weighted by atomic mass is 10.1. The maximum absolute atomic E-state index is 12.2. The predicted molar refractivity (Wildman–Crippen MR) is 108 cm³/mol. The number of hydrogen-bond donors (Lipinski definition) is 1. The first-order valence-electron chi connectivity index (χ1n) is 9.76. The minimum Gasteiger partial charge on any atom is -0.361 e. The molecular formula is C22H25N3O2. The first-order chi connectivity index (χ1) is 13.2. The van der Waals surface area contributed by atoms with E-state index in [1.165, 1.54) is 0 Å². The van der Waals surface area contributed by atoms with Crippen LogP contribution in [-0.2, 0) is 9.59 Å². The molecule has 2 amide bonds. The van der Waals surface area contributed by atoms with Crippen molar-refractivity contribution in [1.29, 1.82) is 0 Å². The predicted octanol–water partition coefficient (Wildman–Crippen LogP) is 3.44. The number of nitrogens with zero attached hydrogens (tertiary/aromatic N) is 2. The highest BCUT2D eigenvalue weighted by atomic mass is 16.2. The molecule has 5 heteroatoms. The number of likely N-dealkylation sites (tertiary alicyclic amines) is 2. The zero-order valence-electron chi connectivity index (χ0n) is 15.5. The second-order valence-corrected chi connectivity index (χ2v) is 7.28. The smallest absolute Gasteiger partial charge is 0.246 e. The molecular weight excluding hydrogens is 338 g/mol. The number of carbonyl (C=O) groups excluding carboxylic acids is 2. The van der Waals surface area contributed by atoms with Crippen molar-refractivity contribution in [2.45, 2.75) is 25.7 Å². The fourth-order valence-corrected chi connectivity index (χ4v) is 3.82. The van der Waals surface area contributed by atoms with Gasteiger partial charge in [-0.15, -0.1) is 0 Å². The second kappa shape index (κ2) is 7.82. The van der Waals surface area contributed by atoms with Crippen molar-refractivity contribution >= 4 is 34.9 Å². The number of aromatic amines is 1. The molecule has 0 bridgehead atoms. The molecule has 0 atom stereocenters. The fraction of sp³-hybridized carbons (Fsp3) is 0.364. The largest absolute Gasteiger partial charge is 0.361 e. The van der Waals surface area contributed by atoms with Gasteiger partial charge >= 0.3 is 0 Å². The molecule has 0 aliphatic carbocycles.